The first-order valence-electron chi connectivity index (χ1n) is 8.47. The lowest BCUT2D eigenvalue weighted by atomic mass is 9.99. The second kappa shape index (κ2) is 9.44. The molecule has 0 aliphatic carbocycles. The van der Waals surface area contributed by atoms with Gasteiger partial charge >= 0.3 is 0 Å². The minimum Gasteiger partial charge on any atom is -0.504 e. The van der Waals surface area contributed by atoms with Crippen LogP contribution in [0.2, 0.25) is 0 Å². The van der Waals surface area contributed by atoms with Crippen molar-refractivity contribution in [1.82, 2.24) is 0 Å². The van der Waals surface area contributed by atoms with E-state index in [1.165, 1.54) is 0 Å². The first-order valence-corrected chi connectivity index (χ1v) is 8.47. The van der Waals surface area contributed by atoms with Crippen LogP contribution in [-0.2, 0) is 12.8 Å². The van der Waals surface area contributed by atoms with E-state index in [2.05, 4.69) is 13.8 Å². The van der Waals surface area contributed by atoms with E-state index in [1.54, 1.807) is 0 Å². The maximum Gasteiger partial charge on any atom is 0.207 e. The lowest BCUT2D eigenvalue weighted by Gasteiger charge is -2.21. The third-order valence-corrected chi connectivity index (χ3v) is 3.77. The number of ether oxygens (including phenoxy) is 2. The number of phenols is 2. The van der Waals surface area contributed by atoms with Crippen molar-refractivity contribution in [3.63, 3.8) is 0 Å². The van der Waals surface area contributed by atoms with Crippen LogP contribution in [0.3, 0.4) is 0 Å². The third kappa shape index (κ3) is 4.21. The van der Waals surface area contributed by atoms with Crippen LogP contribution in [0, 0.1) is 0 Å². The minimum atomic E-state index is -0.198. The predicted octanol–water partition coefficient (Wildman–Crippen LogP) is 4.58. The van der Waals surface area contributed by atoms with Gasteiger partial charge in [-0.15, -0.1) is 0 Å². The van der Waals surface area contributed by atoms with E-state index in [1.807, 2.05) is 13.8 Å². The molecule has 0 spiro atoms. The van der Waals surface area contributed by atoms with Crippen LogP contribution in [0.4, 0.5) is 0 Å². The van der Waals surface area contributed by atoms with Crippen molar-refractivity contribution in [1.29, 1.82) is 0 Å². The van der Waals surface area contributed by atoms with E-state index in [4.69, 9.17) is 9.47 Å². The van der Waals surface area contributed by atoms with Gasteiger partial charge in [-0.2, -0.15) is 0 Å². The Kier molecular flexibility index (Phi) is 7.92. The van der Waals surface area contributed by atoms with E-state index >= 15 is 0 Å². The van der Waals surface area contributed by atoms with Gasteiger partial charge in [0.2, 0.25) is 11.5 Å². The molecule has 0 saturated carbocycles. The summed E-state index contributed by atoms with van der Waals surface area (Å²) in [6.45, 7) is 9.25. The summed E-state index contributed by atoms with van der Waals surface area (Å²) in [5.74, 6) is 0.612. The number of hydrogen-bond acceptors (Lipinski definition) is 4. The van der Waals surface area contributed by atoms with Crippen molar-refractivity contribution in [3.05, 3.63) is 11.1 Å². The van der Waals surface area contributed by atoms with E-state index in [0.717, 1.165) is 43.2 Å². The Balaban J connectivity index is 3.26. The summed E-state index contributed by atoms with van der Waals surface area (Å²) < 4.78 is 11.6. The monoisotopic (exact) mass is 310 g/mol. The molecule has 0 saturated heterocycles. The molecular formula is C18H30O4. The second-order valence-corrected chi connectivity index (χ2v) is 5.42. The zero-order valence-corrected chi connectivity index (χ0v) is 14.4. The Morgan fingerprint density at radius 2 is 1.18 bits per heavy atom. The van der Waals surface area contributed by atoms with Gasteiger partial charge < -0.3 is 19.7 Å². The molecule has 0 fully saturated rings. The number of unbranched alkanes of at least 4 members (excludes halogenated alkanes) is 2. The smallest absolute Gasteiger partial charge is 0.207 e. The van der Waals surface area contributed by atoms with Gasteiger partial charge in [0.1, 0.15) is 0 Å². The Bertz CT molecular complexity index is 469. The van der Waals surface area contributed by atoms with Gasteiger partial charge in [-0.3, -0.25) is 0 Å². The SMILES string of the molecule is CCCCOc1c(O)c(O)c(CC)c(CC)c1OCCCC. The van der Waals surface area contributed by atoms with E-state index in [9.17, 15) is 10.2 Å². The fraction of sp³-hybridized carbons (Fsp3) is 0.667. The molecule has 126 valence electrons. The summed E-state index contributed by atoms with van der Waals surface area (Å²) in [4.78, 5) is 0. The molecule has 1 rings (SSSR count). The molecule has 0 aliphatic rings. The van der Waals surface area contributed by atoms with Crippen LogP contribution < -0.4 is 9.47 Å². The fourth-order valence-corrected chi connectivity index (χ4v) is 2.45. The van der Waals surface area contributed by atoms with Crippen LogP contribution in [0.15, 0.2) is 0 Å². The number of phenolic OH excluding ortho intramolecular Hbond substituents is 2. The first-order chi connectivity index (χ1) is 10.6. The zero-order chi connectivity index (χ0) is 16.5. The molecular weight excluding hydrogens is 280 g/mol. The van der Waals surface area contributed by atoms with Gasteiger partial charge in [0.15, 0.2) is 11.5 Å². The second-order valence-electron chi connectivity index (χ2n) is 5.42. The number of benzene rings is 1. The molecule has 1 aromatic carbocycles. The highest BCUT2D eigenvalue weighted by Crippen LogP contribution is 2.49. The molecule has 2 N–H and O–H groups in total. The van der Waals surface area contributed by atoms with Crippen molar-refractivity contribution in [3.8, 4) is 23.0 Å². The molecule has 0 bridgehead atoms. The molecule has 0 heterocycles. The van der Waals surface area contributed by atoms with Crippen molar-refractivity contribution in [2.75, 3.05) is 13.2 Å². The summed E-state index contributed by atoms with van der Waals surface area (Å²) in [5, 5.41) is 20.6. The molecule has 1 aromatic rings. The number of rotatable bonds is 10. The standard InChI is InChI=1S/C18H30O4/c1-5-9-11-21-17-14(8-4)13(7-3)15(19)16(20)18(17)22-12-10-6-2/h19-20H,5-12H2,1-4H3. The minimum absolute atomic E-state index is 0.0753. The third-order valence-electron chi connectivity index (χ3n) is 3.77. The molecule has 0 amide bonds. The average molecular weight is 310 g/mol. The van der Waals surface area contributed by atoms with Gasteiger partial charge in [0.05, 0.1) is 13.2 Å². The Labute approximate surface area is 134 Å². The van der Waals surface area contributed by atoms with Crippen molar-refractivity contribution < 1.29 is 19.7 Å². The van der Waals surface area contributed by atoms with Crippen molar-refractivity contribution in [2.45, 2.75) is 66.2 Å². The molecule has 0 atom stereocenters. The first kappa shape index (κ1) is 18.5. The Hall–Kier alpha value is -1.58. The quantitative estimate of drug-likeness (QED) is 0.490. The summed E-state index contributed by atoms with van der Waals surface area (Å²) >= 11 is 0. The van der Waals surface area contributed by atoms with Crippen LogP contribution in [0.1, 0.15) is 64.5 Å². The van der Waals surface area contributed by atoms with Gasteiger partial charge in [-0.05, 0) is 25.7 Å². The lowest BCUT2D eigenvalue weighted by molar-refractivity contribution is 0.246. The summed E-state index contributed by atoms with van der Waals surface area (Å²) in [7, 11) is 0. The Morgan fingerprint density at radius 3 is 1.64 bits per heavy atom. The van der Waals surface area contributed by atoms with Crippen LogP contribution in [-0.4, -0.2) is 23.4 Å². The van der Waals surface area contributed by atoms with Gasteiger partial charge in [0.25, 0.3) is 0 Å². The summed E-state index contributed by atoms with van der Waals surface area (Å²) in [5.41, 5.74) is 1.68. The maximum absolute atomic E-state index is 10.3. The molecule has 4 heteroatoms. The van der Waals surface area contributed by atoms with Crippen LogP contribution >= 0.6 is 0 Å². The fourth-order valence-electron chi connectivity index (χ4n) is 2.45. The molecule has 0 aromatic heterocycles. The largest absolute Gasteiger partial charge is 0.504 e. The summed E-state index contributed by atoms with van der Waals surface area (Å²) in [6.07, 6.45) is 5.25. The normalized spacial score (nSPS) is 10.7. The highest BCUT2D eigenvalue weighted by Gasteiger charge is 2.24. The highest BCUT2D eigenvalue weighted by atomic mass is 16.5. The average Bonchev–Trinajstić information content (AvgIpc) is 2.53. The van der Waals surface area contributed by atoms with Gasteiger partial charge in [-0.1, -0.05) is 40.5 Å². The molecule has 0 unspecified atom stereocenters. The maximum atomic E-state index is 10.3. The molecule has 22 heavy (non-hydrogen) atoms. The topological polar surface area (TPSA) is 58.9 Å². The van der Waals surface area contributed by atoms with Crippen molar-refractivity contribution >= 4 is 0 Å². The molecule has 0 aliphatic heterocycles. The number of aromatic hydroxyl groups is 2. The zero-order valence-electron chi connectivity index (χ0n) is 14.4. The van der Waals surface area contributed by atoms with Crippen LogP contribution in [0.25, 0.3) is 0 Å². The summed E-state index contributed by atoms with van der Waals surface area (Å²) in [6, 6.07) is 0. The highest BCUT2D eigenvalue weighted by molar-refractivity contribution is 5.66. The van der Waals surface area contributed by atoms with E-state index in [-0.39, 0.29) is 17.2 Å². The molecule has 4 nitrogen and oxygen atoms in total. The van der Waals surface area contributed by atoms with Crippen LogP contribution in [0.5, 0.6) is 23.0 Å². The van der Waals surface area contributed by atoms with Gasteiger partial charge in [-0.25, -0.2) is 0 Å². The van der Waals surface area contributed by atoms with Crippen molar-refractivity contribution in [2.24, 2.45) is 0 Å². The lowest BCUT2D eigenvalue weighted by Crippen LogP contribution is -2.07. The van der Waals surface area contributed by atoms with Gasteiger partial charge in [0, 0.05) is 11.1 Å². The predicted molar refractivity (Wildman–Crippen MR) is 89.3 cm³/mol. The van der Waals surface area contributed by atoms with E-state index in [0.29, 0.717) is 25.4 Å². The van der Waals surface area contributed by atoms with E-state index < -0.39 is 0 Å². The molecule has 0 radical (unpaired) electrons. The number of hydrogen-bond donors (Lipinski definition) is 2. The Morgan fingerprint density at radius 1 is 0.682 bits per heavy atom.